The lowest BCUT2D eigenvalue weighted by Gasteiger charge is -2.35. The van der Waals surface area contributed by atoms with Gasteiger partial charge in [0, 0.05) is 31.2 Å². The summed E-state index contributed by atoms with van der Waals surface area (Å²) in [5, 5.41) is 12.7. The van der Waals surface area contributed by atoms with E-state index in [-0.39, 0.29) is 12.0 Å². The van der Waals surface area contributed by atoms with Crippen molar-refractivity contribution in [2.24, 2.45) is 0 Å². The first-order valence-corrected chi connectivity index (χ1v) is 8.94. The number of carbonyl (C=O) groups is 1. The number of aliphatic hydroxyl groups is 1. The molecule has 1 atom stereocenters. The minimum absolute atomic E-state index is 0.00608. The number of nitrogens with one attached hydrogen (secondary N) is 1. The zero-order valence-corrected chi connectivity index (χ0v) is 14.8. The third kappa shape index (κ3) is 6.13. The van der Waals surface area contributed by atoms with Gasteiger partial charge in [-0.1, -0.05) is 19.3 Å². The van der Waals surface area contributed by atoms with Crippen molar-refractivity contribution >= 4 is 11.6 Å². The van der Waals surface area contributed by atoms with E-state index < -0.39 is 0 Å². The molecule has 24 heavy (non-hydrogen) atoms. The summed E-state index contributed by atoms with van der Waals surface area (Å²) in [4.78, 5) is 14.5. The van der Waals surface area contributed by atoms with Crippen LogP contribution < -0.4 is 10.1 Å². The Hall–Kier alpha value is -1.59. The molecule has 1 unspecified atom stereocenters. The zero-order chi connectivity index (χ0) is 17.4. The van der Waals surface area contributed by atoms with Crippen LogP contribution in [0.2, 0.25) is 0 Å². The van der Waals surface area contributed by atoms with Crippen molar-refractivity contribution in [1.29, 1.82) is 0 Å². The number of ether oxygens (including phenoxy) is 1. The van der Waals surface area contributed by atoms with E-state index in [9.17, 15) is 9.90 Å². The van der Waals surface area contributed by atoms with E-state index in [0.717, 1.165) is 11.4 Å². The van der Waals surface area contributed by atoms with Crippen molar-refractivity contribution in [2.75, 3.05) is 25.5 Å². The number of hydrogen-bond acceptors (Lipinski definition) is 4. The molecule has 0 heterocycles. The molecule has 2 N–H and O–H groups in total. The topological polar surface area (TPSA) is 61.8 Å². The second-order valence-electron chi connectivity index (χ2n) is 6.66. The van der Waals surface area contributed by atoms with Crippen molar-refractivity contribution in [2.45, 2.75) is 57.6 Å². The lowest BCUT2D eigenvalue weighted by molar-refractivity contribution is -0.116. The molecule has 1 saturated carbocycles. The standard InChI is InChI=1S/C19H30N2O3/c1-15(22)14-21(17-6-4-3-5-7-17)13-12-19(23)20-16-8-10-18(24-2)11-9-16/h8-11,15,17,22H,3-7,12-14H2,1-2H3,(H,20,23). The molecule has 1 aliphatic rings. The first-order chi connectivity index (χ1) is 11.6. The molecule has 5 heteroatoms. The van der Waals surface area contributed by atoms with Crippen LogP contribution in [0.5, 0.6) is 5.75 Å². The van der Waals surface area contributed by atoms with Gasteiger partial charge in [0.2, 0.25) is 5.91 Å². The van der Waals surface area contributed by atoms with E-state index in [1.54, 1.807) is 7.11 Å². The Bertz CT molecular complexity index is 496. The van der Waals surface area contributed by atoms with E-state index in [0.29, 0.717) is 25.6 Å². The van der Waals surface area contributed by atoms with E-state index in [1.807, 2.05) is 31.2 Å². The molecule has 0 aliphatic heterocycles. The summed E-state index contributed by atoms with van der Waals surface area (Å²) in [6.07, 6.45) is 6.22. The highest BCUT2D eigenvalue weighted by molar-refractivity contribution is 5.90. The van der Waals surface area contributed by atoms with Crippen molar-refractivity contribution in [1.82, 2.24) is 4.90 Å². The van der Waals surface area contributed by atoms with Crippen LogP contribution in [-0.2, 0) is 4.79 Å². The maximum Gasteiger partial charge on any atom is 0.225 e. The Balaban J connectivity index is 1.83. The average molecular weight is 334 g/mol. The average Bonchev–Trinajstić information content (AvgIpc) is 2.59. The summed E-state index contributed by atoms with van der Waals surface area (Å²) in [5.41, 5.74) is 0.778. The van der Waals surface area contributed by atoms with Crippen molar-refractivity contribution in [3.8, 4) is 5.75 Å². The SMILES string of the molecule is COc1ccc(NC(=O)CCN(CC(C)O)C2CCCCC2)cc1. The number of carbonyl (C=O) groups excluding carboxylic acids is 1. The zero-order valence-electron chi connectivity index (χ0n) is 14.8. The van der Waals surface area contributed by atoms with Gasteiger partial charge < -0.3 is 15.2 Å². The summed E-state index contributed by atoms with van der Waals surface area (Å²) in [6, 6.07) is 7.84. The summed E-state index contributed by atoms with van der Waals surface area (Å²) in [7, 11) is 1.62. The minimum Gasteiger partial charge on any atom is -0.497 e. The van der Waals surface area contributed by atoms with Gasteiger partial charge >= 0.3 is 0 Å². The van der Waals surface area contributed by atoms with Gasteiger partial charge in [0.15, 0.2) is 0 Å². The number of amides is 1. The molecule has 1 aromatic carbocycles. The van der Waals surface area contributed by atoms with E-state index >= 15 is 0 Å². The molecule has 1 amide bonds. The molecule has 1 fully saturated rings. The minimum atomic E-state index is -0.364. The molecular weight excluding hydrogens is 304 g/mol. The van der Waals surface area contributed by atoms with Crippen LogP contribution >= 0.6 is 0 Å². The molecule has 0 radical (unpaired) electrons. The summed E-state index contributed by atoms with van der Waals surface area (Å²) in [6.45, 7) is 3.14. The van der Waals surface area contributed by atoms with Gasteiger partial charge in [-0.3, -0.25) is 9.69 Å². The number of hydrogen-bond donors (Lipinski definition) is 2. The van der Waals surface area contributed by atoms with E-state index in [2.05, 4.69) is 10.2 Å². The van der Waals surface area contributed by atoms with Crippen LogP contribution in [0.25, 0.3) is 0 Å². The van der Waals surface area contributed by atoms with Crippen LogP contribution in [-0.4, -0.2) is 48.3 Å². The van der Waals surface area contributed by atoms with Crippen LogP contribution in [0.3, 0.4) is 0 Å². The summed E-state index contributed by atoms with van der Waals surface area (Å²) in [5.74, 6) is 0.778. The number of aliphatic hydroxyl groups excluding tert-OH is 1. The molecule has 2 rings (SSSR count). The fourth-order valence-corrected chi connectivity index (χ4v) is 3.35. The lowest BCUT2D eigenvalue weighted by Crippen LogP contribution is -2.42. The second-order valence-corrected chi connectivity index (χ2v) is 6.66. The smallest absolute Gasteiger partial charge is 0.225 e. The third-order valence-corrected chi connectivity index (χ3v) is 4.59. The molecule has 5 nitrogen and oxygen atoms in total. The maximum absolute atomic E-state index is 12.2. The van der Waals surface area contributed by atoms with Gasteiger partial charge in [0.05, 0.1) is 13.2 Å². The number of nitrogens with zero attached hydrogens (tertiary/aromatic N) is 1. The Labute approximate surface area is 145 Å². The second kappa shape index (κ2) is 9.64. The third-order valence-electron chi connectivity index (χ3n) is 4.59. The van der Waals surface area contributed by atoms with Gasteiger partial charge in [-0.2, -0.15) is 0 Å². The highest BCUT2D eigenvalue weighted by atomic mass is 16.5. The van der Waals surface area contributed by atoms with Gasteiger partial charge in [-0.05, 0) is 44.0 Å². The van der Waals surface area contributed by atoms with Crippen molar-refractivity contribution < 1.29 is 14.6 Å². The van der Waals surface area contributed by atoms with Crippen molar-refractivity contribution in [3.63, 3.8) is 0 Å². The predicted octanol–water partition coefficient (Wildman–Crippen LogP) is 3.04. The normalized spacial score (nSPS) is 16.8. The molecule has 1 aromatic rings. The predicted molar refractivity (Wildman–Crippen MR) is 96.4 cm³/mol. The Morgan fingerprint density at radius 2 is 1.96 bits per heavy atom. The monoisotopic (exact) mass is 334 g/mol. The quantitative estimate of drug-likeness (QED) is 0.767. The Morgan fingerprint density at radius 3 is 2.54 bits per heavy atom. The first kappa shape index (κ1) is 18.7. The molecule has 1 aliphatic carbocycles. The van der Waals surface area contributed by atoms with Gasteiger partial charge in [0.25, 0.3) is 0 Å². The van der Waals surface area contributed by atoms with Gasteiger partial charge in [0.1, 0.15) is 5.75 Å². The molecule has 0 spiro atoms. The van der Waals surface area contributed by atoms with Crippen LogP contribution in [0.4, 0.5) is 5.69 Å². The van der Waals surface area contributed by atoms with Crippen molar-refractivity contribution in [3.05, 3.63) is 24.3 Å². The van der Waals surface area contributed by atoms with Crippen LogP contribution in [0.1, 0.15) is 45.4 Å². The lowest BCUT2D eigenvalue weighted by atomic mass is 9.94. The largest absolute Gasteiger partial charge is 0.497 e. The van der Waals surface area contributed by atoms with Gasteiger partial charge in [-0.25, -0.2) is 0 Å². The number of methoxy groups -OCH3 is 1. The Kier molecular flexibility index (Phi) is 7.53. The number of anilines is 1. The van der Waals surface area contributed by atoms with Crippen LogP contribution in [0.15, 0.2) is 24.3 Å². The van der Waals surface area contributed by atoms with E-state index in [1.165, 1.54) is 32.1 Å². The molecule has 0 bridgehead atoms. The highest BCUT2D eigenvalue weighted by Crippen LogP contribution is 2.23. The fourth-order valence-electron chi connectivity index (χ4n) is 3.35. The molecule has 0 saturated heterocycles. The van der Waals surface area contributed by atoms with Crippen LogP contribution in [0, 0.1) is 0 Å². The van der Waals surface area contributed by atoms with Gasteiger partial charge in [-0.15, -0.1) is 0 Å². The highest BCUT2D eigenvalue weighted by Gasteiger charge is 2.22. The molecule has 0 aromatic heterocycles. The molecular formula is C19H30N2O3. The summed E-state index contributed by atoms with van der Waals surface area (Å²) >= 11 is 0. The Morgan fingerprint density at radius 1 is 1.29 bits per heavy atom. The number of rotatable bonds is 8. The molecule has 134 valence electrons. The summed E-state index contributed by atoms with van der Waals surface area (Å²) < 4.78 is 5.11. The fraction of sp³-hybridized carbons (Fsp3) is 0.632. The maximum atomic E-state index is 12.2. The number of benzene rings is 1. The van der Waals surface area contributed by atoms with E-state index in [4.69, 9.17) is 4.74 Å². The first-order valence-electron chi connectivity index (χ1n) is 8.94.